The fourth-order valence-electron chi connectivity index (χ4n) is 4.05. The molecule has 1 aliphatic heterocycles. The third-order valence-corrected chi connectivity index (χ3v) is 6.02. The normalized spacial score (nSPS) is 13.9. The standard InChI is InChI=1S/C23H26ClFN6O/c1-15-18(7-9-23(32)28-20-8-6-17(24)12-19(20)25)16(2)31(29-15)22-13-21(26-14-27-22)30-10-4-3-5-11-30/h6,8,12-14H,3-5,7,9-11H2,1-2H3,(H,28,32). The number of benzene rings is 1. The highest BCUT2D eigenvalue weighted by molar-refractivity contribution is 6.30. The first-order valence-electron chi connectivity index (χ1n) is 10.8. The predicted molar refractivity (Wildman–Crippen MR) is 123 cm³/mol. The Morgan fingerprint density at radius 1 is 1.12 bits per heavy atom. The number of hydrogen-bond acceptors (Lipinski definition) is 5. The monoisotopic (exact) mass is 456 g/mol. The van der Waals surface area contributed by atoms with Crippen molar-refractivity contribution in [3.63, 3.8) is 0 Å². The molecule has 32 heavy (non-hydrogen) atoms. The SMILES string of the molecule is Cc1nn(-c2cc(N3CCCCC3)ncn2)c(C)c1CCC(=O)Nc1ccc(Cl)cc1F. The zero-order valence-corrected chi connectivity index (χ0v) is 19.0. The van der Waals surface area contributed by atoms with E-state index >= 15 is 0 Å². The summed E-state index contributed by atoms with van der Waals surface area (Å²) in [4.78, 5) is 23.5. The highest BCUT2D eigenvalue weighted by Crippen LogP contribution is 2.23. The van der Waals surface area contributed by atoms with Crippen LogP contribution < -0.4 is 10.2 Å². The number of anilines is 2. The Kier molecular flexibility index (Phi) is 6.69. The van der Waals surface area contributed by atoms with E-state index in [0.29, 0.717) is 12.2 Å². The van der Waals surface area contributed by atoms with Gasteiger partial charge in [0.25, 0.3) is 0 Å². The summed E-state index contributed by atoms with van der Waals surface area (Å²) in [6, 6.07) is 6.14. The molecule has 7 nitrogen and oxygen atoms in total. The summed E-state index contributed by atoms with van der Waals surface area (Å²) < 4.78 is 15.7. The average molecular weight is 457 g/mol. The van der Waals surface area contributed by atoms with Gasteiger partial charge in [0.1, 0.15) is 18.0 Å². The Balaban J connectivity index is 1.47. The number of piperidine rings is 1. The van der Waals surface area contributed by atoms with Gasteiger partial charge in [-0.15, -0.1) is 0 Å². The van der Waals surface area contributed by atoms with Gasteiger partial charge >= 0.3 is 0 Å². The maximum atomic E-state index is 13.9. The van der Waals surface area contributed by atoms with Crippen LogP contribution in [0.3, 0.4) is 0 Å². The zero-order valence-electron chi connectivity index (χ0n) is 18.2. The average Bonchev–Trinajstić information content (AvgIpc) is 3.08. The molecule has 0 bridgehead atoms. The number of aryl methyl sites for hydroxylation is 1. The number of rotatable bonds is 6. The molecule has 1 aromatic carbocycles. The van der Waals surface area contributed by atoms with Gasteiger partial charge in [0.2, 0.25) is 5.91 Å². The van der Waals surface area contributed by atoms with Crippen LogP contribution in [0.4, 0.5) is 15.9 Å². The summed E-state index contributed by atoms with van der Waals surface area (Å²) in [7, 11) is 0. The molecule has 4 rings (SSSR count). The molecule has 2 aromatic heterocycles. The van der Waals surface area contributed by atoms with E-state index in [-0.39, 0.29) is 23.0 Å². The first-order chi connectivity index (χ1) is 15.4. The minimum atomic E-state index is -0.556. The molecular formula is C23H26ClFN6O. The molecule has 1 fully saturated rings. The first-order valence-corrected chi connectivity index (χ1v) is 11.2. The zero-order chi connectivity index (χ0) is 22.7. The summed E-state index contributed by atoms with van der Waals surface area (Å²) in [5.74, 6) is 0.791. The van der Waals surface area contributed by atoms with E-state index in [1.807, 2.05) is 19.9 Å². The van der Waals surface area contributed by atoms with E-state index in [9.17, 15) is 9.18 Å². The number of nitrogens with one attached hydrogen (secondary N) is 1. The summed E-state index contributed by atoms with van der Waals surface area (Å²) >= 11 is 5.76. The second-order valence-corrected chi connectivity index (χ2v) is 8.45. The molecule has 0 atom stereocenters. The highest BCUT2D eigenvalue weighted by atomic mass is 35.5. The van der Waals surface area contributed by atoms with Gasteiger partial charge in [-0.3, -0.25) is 4.79 Å². The van der Waals surface area contributed by atoms with Crippen LogP contribution in [0.2, 0.25) is 5.02 Å². The minimum absolute atomic E-state index is 0.120. The quantitative estimate of drug-likeness (QED) is 0.585. The Morgan fingerprint density at radius 3 is 2.62 bits per heavy atom. The van der Waals surface area contributed by atoms with Crippen LogP contribution >= 0.6 is 11.6 Å². The lowest BCUT2D eigenvalue weighted by Gasteiger charge is -2.27. The van der Waals surface area contributed by atoms with Crippen molar-refractivity contribution in [2.24, 2.45) is 0 Å². The molecule has 1 saturated heterocycles. The molecule has 3 heterocycles. The third-order valence-electron chi connectivity index (χ3n) is 5.78. The topological polar surface area (TPSA) is 75.9 Å². The van der Waals surface area contributed by atoms with Crippen LogP contribution in [0.1, 0.15) is 42.6 Å². The Bertz CT molecular complexity index is 1130. The molecule has 0 spiro atoms. The van der Waals surface area contributed by atoms with Crippen molar-refractivity contribution in [1.82, 2.24) is 19.7 Å². The summed E-state index contributed by atoms with van der Waals surface area (Å²) in [6.45, 7) is 5.89. The van der Waals surface area contributed by atoms with E-state index in [0.717, 1.165) is 35.9 Å². The van der Waals surface area contributed by atoms with Crippen molar-refractivity contribution in [2.75, 3.05) is 23.3 Å². The van der Waals surface area contributed by atoms with Crippen molar-refractivity contribution in [3.05, 3.63) is 58.4 Å². The Hall–Kier alpha value is -3.00. The molecule has 1 aliphatic rings. The van der Waals surface area contributed by atoms with E-state index in [2.05, 4.69) is 25.3 Å². The summed E-state index contributed by atoms with van der Waals surface area (Å²) in [6.07, 6.45) is 5.87. The van der Waals surface area contributed by atoms with Gasteiger partial charge in [0, 0.05) is 36.3 Å². The lowest BCUT2D eigenvalue weighted by Crippen LogP contribution is -2.30. The van der Waals surface area contributed by atoms with Crippen LogP contribution in [-0.2, 0) is 11.2 Å². The molecule has 9 heteroatoms. The van der Waals surface area contributed by atoms with E-state index in [1.54, 1.807) is 17.1 Å². The Morgan fingerprint density at radius 2 is 1.88 bits per heavy atom. The fourth-order valence-corrected chi connectivity index (χ4v) is 4.21. The van der Waals surface area contributed by atoms with Gasteiger partial charge < -0.3 is 10.2 Å². The second kappa shape index (κ2) is 9.65. The summed E-state index contributed by atoms with van der Waals surface area (Å²) in [5.41, 5.74) is 2.87. The van der Waals surface area contributed by atoms with Gasteiger partial charge in [0.15, 0.2) is 5.82 Å². The first kappa shape index (κ1) is 22.2. The van der Waals surface area contributed by atoms with Crippen LogP contribution in [0.5, 0.6) is 0 Å². The number of amides is 1. The Labute approximate surface area is 191 Å². The minimum Gasteiger partial charge on any atom is -0.356 e. The van der Waals surface area contributed by atoms with Gasteiger partial charge in [-0.05, 0) is 63.3 Å². The van der Waals surface area contributed by atoms with Crippen molar-refractivity contribution in [1.29, 1.82) is 0 Å². The van der Waals surface area contributed by atoms with Gasteiger partial charge in [0.05, 0.1) is 11.4 Å². The highest BCUT2D eigenvalue weighted by Gasteiger charge is 2.18. The number of carbonyl (C=O) groups excluding carboxylic acids is 1. The van der Waals surface area contributed by atoms with Gasteiger partial charge in [-0.2, -0.15) is 5.10 Å². The second-order valence-electron chi connectivity index (χ2n) is 8.02. The lowest BCUT2D eigenvalue weighted by molar-refractivity contribution is -0.116. The molecule has 0 aliphatic carbocycles. The van der Waals surface area contributed by atoms with E-state index in [4.69, 9.17) is 11.6 Å². The maximum absolute atomic E-state index is 13.9. The lowest BCUT2D eigenvalue weighted by atomic mass is 10.1. The van der Waals surface area contributed by atoms with Gasteiger partial charge in [-0.1, -0.05) is 11.6 Å². The van der Waals surface area contributed by atoms with Crippen molar-refractivity contribution in [3.8, 4) is 5.82 Å². The number of halogens is 2. The number of nitrogens with zero attached hydrogens (tertiary/aromatic N) is 5. The molecular weight excluding hydrogens is 431 g/mol. The molecule has 0 unspecified atom stereocenters. The molecule has 1 N–H and O–H groups in total. The van der Waals surface area contributed by atoms with Crippen molar-refractivity contribution >= 4 is 29.0 Å². The maximum Gasteiger partial charge on any atom is 0.224 e. The molecule has 3 aromatic rings. The number of aromatic nitrogens is 4. The van der Waals surface area contributed by atoms with Crippen molar-refractivity contribution < 1.29 is 9.18 Å². The summed E-state index contributed by atoms with van der Waals surface area (Å²) in [5, 5.41) is 7.54. The fraction of sp³-hybridized carbons (Fsp3) is 0.391. The van der Waals surface area contributed by atoms with Crippen LogP contribution in [0.25, 0.3) is 5.82 Å². The smallest absolute Gasteiger partial charge is 0.224 e. The predicted octanol–water partition coefficient (Wildman–Crippen LogP) is 4.63. The largest absolute Gasteiger partial charge is 0.356 e. The van der Waals surface area contributed by atoms with Crippen LogP contribution in [-0.4, -0.2) is 38.7 Å². The van der Waals surface area contributed by atoms with Gasteiger partial charge in [-0.25, -0.2) is 19.0 Å². The molecule has 168 valence electrons. The molecule has 1 amide bonds. The van der Waals surface area contributed by atoms with E-state index in [1.165, 1.54) is 31.4 Å². The number of hydrogen-bond donors (Lipinski definition) is 1. The van der Waals surface area contributed by atoms with E-state index < -0.39 is 5.82 Å². The third kappa shape index (κ3) is 4.91. The molecule has 0 radical (unpaired) electrons. The number of carbonyl (C=O) groups is 1. The van der Waals surface area contributed by atoms with Crippen LogP contribution in [0, 0.1) is 19.7 Å². The molecule has 0 saturated carbocycles. The van der Waals surface area contributed by atoms with Crippen molar-refractivity contribution in [2.45, 2.75) is 46.0 Å². The van der Waals surface area contributed by atoms with Crippen LogP contribution in [0.15, 0.2) is 30.6 Å².